The SMILES string of the molecule is CCCCCCC1(CCCCCC)c2cc(-c3ccc(/C=C/c4ccc(C=O)s4)s3)ccc2-c2c1c1c(c3c2C(CCCCCC)(CCCCCC)c2cc(-c4ccc(/C=C/c5ccc(/C=C/c6ccc(N(c7ccccc7)c7ccccc7)cc6)s5)s4)ccc2-3)C(CCCCCC)(CCCCCC)c2cc(-c3ccc(/C=C/c4ccc(C=O)s4)s3)ccc2-1. The van der Waals surface area contributed by atoms with Crippen LogP contribution in [0.5, 0.6) is 0 Å². The molecule has 0 atom stereocenters. The highest BCUT2D eigenvalue weighted by Gasteiger charge is 2.58. The van der Waals surface area contributed by atoms with Gasteiger partial charge >= 0.3 is 0 Å². The number of rotatable bonds is 46. The molecule has 636 valence electrons. The predicted molar refractivity (Wildman–Crippen MR) is 548 cm³/mol. The van der Waals surface area contributed by atoms with E-state index in [9.17, 15) is 9.59 Å². The summed E-state index contributed by atoms with van der Waals surface area (Å²) < 4.78 is 0. The second-order valence-electron chi connectivity index (χ2n) is 35.1. The molecule has 0 unspecified atom stereocenters. The van der Waals surface area contributed by atoms with Crippen LogP contribution in [0.3, 0.4) is 0 Å². The van der Waals surface area contributed by atoms with Gasteiger partial charge in [0.15, 0.2) is 12.6 Å². The maximum Gasteiger partial charge on any atom is 0.160 e. The van der Waals surface area contributed by atoms with Crippen LogP contribution in [0.2, 0.25) is 0 Å². The summed E-state index contributed by atoms with van der Waals surface area (Å²) in [6.45, 7) is 14.4. The van der Waals surface area contributed by atoms with Gasteiger partial charge in [-0.05, 0) is 297 Å². The van der Waals surface area contributed by atoms with Crippen molar-refractivity contribution in [2.75, 3.05) is 4.90 Å². The van der Waals surface area contributed by atoms with E-state index >= 15 is 0 Å². The van der Waals surface area contributed by atoms with Gasteiger partial charge in [0.2, 0.25) is 0 Å². The fraction of sp³-hybridized carbons (Fsp3) is 0.339. The molecular formula is C115H123NO2S6. The zero-order chi connectivity index (χ0) is 85.3. The van der Waals surface area contributed by atoms with Crippen LogP contribution in [0.4, 0.5) is 17.1 Å². The summed E-state index contributed by atoms with van der Waals surface area (Å²) in [6.07, 6.45) is 56.1. The van der Waals surface area contributed by atoms with Crippen LogP contribution in [0.1, 0.15) is 327 Å². The number of anilines is 3. The highest BCUT2D eigenvalue weighted by atomic mass is 32.1. The van der Waals surface area contributed by atoms with Crippen LogP contribution in [-0.4, -0.2) is 12.6 Å². The Hall–Kier alpha value is -9.16. The van der Waals surface area contributed by atoms with E-state index in [0.717, 1.165) is 87.7 Å². The lowest BCUT2D eigenvalue weighted by Gasteiger charge is -2.40. The van der Waals surface area contributed by atoms with Gasteiger partial charge in [0.05, 0.1) is 9.75 Å². The minimum atomic E-state index is -0.253. The molecule has 0 spiro atoms. The van der Waals surface area contributed by atoms with E-state index in [1.165, 1.54) is 232 Å². The van der Waals surface area contributed by atoms with Gasteiger partial charge in [0.25, 0.3) is 0 Å². The van der Waals surface area contributed by atoms with Crippen molar-refractivity contribution in [3.8, 4) is 64.7 Å². The van der Waals surface area contributed by atoms with Gasteiger partial charge in [0.1, 0.15) is 0 Å². The minimum Gasteiger partial charge on any atom is -0.311 e. The molecule has 3 nitrogen and oxygen atoms in total. The smallest absolute Gasteiger partial charge is 0.160 e. The standard InChI is InChI=1S/C115H123NO2S6/c1-7-13-19-31-71-113(72-32-20-14-8-2)101-77-83(104-68-62-93(122-104)55-52-90-51-50-89(119-90)49-43-82-41-47-88(48-42-82)116(86-37-27-25-28-38-86)87-39-29-26-30-40-87)44-65-98(101)107-110(113)108-99-66-45-84(105-69-63-94(123-105)56-53-91-58-60-96(80-117)120-91)78-102(99)115(75-35-23-17-11-5,76-36-24-18-12-6)112(108)109-100-67-46-85(106-70-64-95(124-106)57-54-92-59-61-97(81-118)121-92)79-103(100)114(111(107)109,73-33-21-15-9-3)74-34-22-16-10-4/h25-30,37-70,77-81H,7-24,31-36,71-76H2,1-6H3/b49-43+,55-52+,56-53+,57-54+. The Balaban J connectivity index is 0.879. The quantitative estimate of drug-likeness (QED) is 0.0282. The molecule has 0 saturated carbocycles. The van der Waals surface area contributed by atoms with E-state index in [4.69, 9.17) is 0 Å². The molecular weight excluding hydrogens is 1620 g/mol. The number of carbonyl (C=O) groups excluding carboxylic acids is 2. The summed E-state index contributed by atoms with van der Waals surface area (Å²) in [5, 5.41) is 0. The number of nitrogens with zero attached hydrogens (tertiary/aromatic N) is 1. The van der Waals surface area contributed by atoms with Crippen molar-refractivity contribution in [1.29, 1.82) is 0 Å². The number of thiophene rings is 6. The van der Waals surface area contributed by atoms with Crippen LogP contribution in [0.25, 0.3) is 113 Å². The topological polar surface area (TPSA) is 37.4 Å². The fourth-order valence-corrected chi connectivity index (χ4v) is 25.8. The zero-order valence-electron chi connectivity index (χ0n) is 73.9. The fourth-order valence-electron chi connectivity index (χ4n) is 20.8. The number of hydrogen-bond acceptors (Lipinski definition) is 9. The van der Waals surface area contributed by atoms with E-state index in [2.05, 4.69) is 295 Å². The maximum absolute atomic E-state index is 11.8. The predicted octanol–water partition coefficient (Wildman–Crippen LogP) is 37.5. The average molecular weight is 1740 g/mol. The van der Waals surface area contributed by atoms with E-state index in [-0.39, 0.29) is 16.2 Å². The lowest BCUT2D eigenvalue weighted by Crippen LogP contribution is -2.31. The van der Waals surface area contributed by atoms with Crippen LogP contribution >= 0.6 is 68.0 Å². The van der Waals surface area contributed by atoms with Crippen molar-refractivity contribution in [3.63, 3.8) is 0 Å². The van der Waals surface area contributed by atoms with Gasteiger partial charge in [-0.3, -0.25) is 9.59 Å². The minimum absolute atomic E-state index is 0.252. The monoisotopic (exact) mass is 1740 g/mol. The molecule has 3 aliphatic rings. The molecule has 0 bridgehead atoms. The first kappa shape index (κ1) is 88.3. The normalized spacial score (nSPS) is 13.9. The van der Waals surface area contributed by atoms with E-state index in [0.29, 0.717) is 0 Å². The van der Waals surface area contributed by atoms with E-state index < -0.39 is 0 Å². The number of unbranched alkanes of at least 4 members (excludes halogenated alkanes) is 18. The average Bonchev–Trinajstić information content (AvgIpc) is 1.48. The second kappa shape index (κ2) is 42.0. The van der Waals surface area contributed by atoms with E-state index in [1.807, 2.05) is 57.5 Å². The maximum atomic E-state index is 11.8. The van der Waals surface area contributed by atoms with Crippen molar-refractivity contribution in [1.82, 2.24) is 0 Å². The largest absolute Gasteiger partial charge is 0.311 e. The number of hydrogen-bond donors (Lipinski definition) is 0. The van der Waals surface area contributed by atoms with Crippen molar-refractivity contribution < 1.29 is 9.59 Å². The molecule has 6 aromatic heterocycles. The molecule has 0 radical (unpaired) electrons. The summed E-state index contributed by atoms with van der Waals surface area (Å²) in [6, 6.07) is 81.2. The molecule has 0 fully saturated rings. The van der Waals surface area contributed by atoms with Crippen LogP contribution in [-0.2, 0) is 16.2 Å². The summed E-state index contributed by atoms with van der Waals surface area (Å²) in [4.78, 5) is 39.9. The highest BCUT2D eigenvalue weighted by Crippen LogP contribution is 2.72. The van der Waals surface area contributed by atoms with Gasteiger partial charge in [-0.2, -0.15) is 0 Å². The number of benzene rings is 7. The summed E-state index contributed by atoms with van der Waals surface area (Å²) in [7, 11) is 0. The second-order valence-corrected chi connectivity index (χ2v) is 41.9. The Morgan fingerprint density at radius 3 is 0.790 bits per heavy atom. The van der Waals surface area contributed by atoms with Crippen LogP contribution in [0, 0.1) is 0 Å². The number of aldehydes is 2. The number of carbonyl (C=O) groups is 2. The molecule has 16 rings (SSSR count). The lowest BCUT2D eigenvalue weighted by atomic mass is 9.63. The Morgan fingerprint density at radius 1 is 0.250 bits per heavy atom. The van der Waals surface area contributed by atoms with Crippen molar-refractivity contribution in [2.24, 2.45) is 0 Å². The number of fused-ring (bicyclic) bond motifs is 12. The van der Waals surface area contributed by atoms with Gasteiger partial charge < -0.3 is 4.90 Å². The van der Waals surface area contributed by atoms with Crippen LogP contribution in [0.15, 0.2) is 212 Å². The van der Waals surface area contributed by atoms with Gasteiger partial charge in [-0.1, -0.05) is 287 Å². The van der Waals surface area contributed by atoms with Gasteiger partial charge in [-0.25, -0.2) is 0 Å². The highest BCUT2D eigenvalue weighted by molar-refractivity contribution is 7.18. The molecule has 0 N–H and O–H groups in total. The first-order chi connectivity index (χ1) is 61.1. The van der Waals surface area contributed by atoms with Gasteiger partial charge in [0, 0.05) is 82.1 Å². The first-order valence-corrected chi connectivity index (χ1v) is 51.9. The molecule has 0 amide bonds. The van der Waals surface area contributed by atoms with Crippen LogP contribution < -0.4 is 4.90 Å². The molecule has 9 heteroatoms. The van der Waals surface area contributed by atoms with Gasteiger partial charge in [-0.15, -0.1) is 68.0 Å². The van der Waals surface area contributed by atoms with Crippen molar-refractivity contribution in [3.05, 3.63) is 295 Å². The van der Waals surface area contributed by atoms with E-state index in [1.54, 1.807) is 72.7 Å². The number of para-hydroxylation sites is 2. The summed E-state index contributed by atoms with van der Waals surface area (Å²) in [5.41, 5.74) is 27.1. The molecule has 0 saturated heterocycles. The summed E-state index contributed by atoms with van der Waals surface area (Å²) in [5.74, 6) is 0. The molecule has 3 aliphatic carbocycles. The third-order valence-electron chi connectivity index (χ3n) is 26.9. The molecule has 124 heavy (non-hydrogen) atoms. The molecule has 13 aromatic rings. The van der Waals surface area contributed by atoms with Crippen molar-refractivity contribution >= 4 is 146 Å². The molecule has 7 aromatic carbocycles. The molecule has 6 heterocycles. The zero-order valence-corrected chi connectivity index (χ0v) is 78.8. The van der Waals surface area contributed by atoms with Crippen molar-refractivity contribution in [2.45, 2.75) is 250 Å². The Kier molecular flexibility index (Phi) is 29.9. The first-order valence-electron chi connectivity index (χ1n) is 47.0. The Bertz CT molecular complexity index is 5570. The Morgan fingerprint density at radius 2 is 0.508 bits per heavy atom. The Labute approximate surface area is 764 Å². The summed E-state index contributed by atoms with van der Waals surface area (Å²) >= 11 is 10.7. The third-order valence-corrected chi connectivity index (χ3v) is 33.1. The third kappa shape index (κ3) is 19.1. The lowest BCUT2D eigenvalue weighted by molar-refractivity contribution is 0.111. The molecule has 0 aliphatic heterocycles.